The Morgan fingerprint density at radius 2 is 2.00 bits per heavy atom. The van der Waals surface area contributed by atoms with Crippen LogP contribution in [0.5, 0.6) is 0 Å². The number of rotatable bonds is 3. The van der Waals surface area contributed by atoms with Crippen molar-refractivity contribution in [2.75, 3.05) is 18.5 Å². The van der Waals surface area contributed by atoms with Crippen LogP contribution >= 0.6 is 0 Å². The number of carbonyl (C=O) groups excluding carboxylic acids is 2. The molecule has 1 aliphatic heterocycles. The summed E-state index contributed by atoms with van der Waals surface area (Å²) in [6.07, 6.45) is -0.558. The van der Waals surface area contributed by atoms with Crippen LogP contribution in [-0.2, 0) is 4.74 Å². The van der Waals surface area contributed by atoms with Gasteiger partial charge in [-0.05, 0) is 31.5 Å². The molecule has 7 nitrogen and oxygen atoms in total. The summed E-state index contributed by atoms with van der Waals surface area (Å²) in [5.74, 6) is 0.343. The first kappa shape index (κ1) is 17.0. The van der Waals surface area contributed by atoms with Crippen LogP contribution in [0.25, 0.3) is 11.0 Å². The highest BCUT2D eigenvalue weighted by molar-refractivity contribution is 6.22. The zero-order valence-electron chi connectivity index (χ0n) is 15.0. The number of aromatic amines is 1. The molecule has 7 heteroatoms. The Morgan fingerprint density at radius 1 is 1.22 bits per heavy atom. The number of benzene rings is 2. The molecule has 27 heavy (non-hydrogen) atoms. The number of aliphatic imine (C=N–C) groups is 1. The SMILES string of the molecule is CCOC(=O)Nc1nc2cc(C3=NCC(=O)c4ccccc43)c(C)cc2[nH]1. The van der Waals surface area contributed by atoms with Gasteiger partial charge >= 0.3 is 6.09 Å². The number of Topliss-reactive ketones (excluding diaryl/α,β-unsaturated/α-hetero) is 1. The lowest BCUT2D eigenvalue weighted by Gasteiger charge is -2.17. The number of anilines is 1. The first-order valence-corrected chi connectivity index (χ1v) is 8.68. The highest BCUT2D eigenvalue weighted by Crippen LogP contribution is 2.26. The van der Waals surface area contributed by atoms with Gasteiger partial charge in [-0.1, -0.05) is 24.3 Å². The Morgan fingerprint density at radius 3 is 2.78 bits per heavy atom. The highest BCUT2D eigenvalue weighted by Gasteiger charge is 2.22. The zero-order chi connectivity index (χ0) is 19.0. The lowest BCUT2D eigenvalue weighted by molar-refractivity contribution is 0.1000. The lowest BCUT2D eigenvalue weighted by Crippen LogP contribution is -2.20. The molecule has 1 amide bonds. The van der Waals surface area contributed by atoms with Gasteiger partial charge in [0, 0.05) is 16.7 Å². The molecular formula is C20H18N4O3. The molecule has 2 heterocycles. The van der Waals surface area contributed by atoms with Crippen LogP contribution in [0.2, 0.25) is 0 Å². The minimum absolute atomic E-state index is 0.0220. The summed E-state index contributed by atoms with van der Waals surface area (Å²) in [7, 11) is 0. The largest absolute Gasteiger partial charge is 0.450 e. The molecule has 0 spiro atoms. The lowest BCUT2D eigenvalue weighted by atomic mass is 9.90. The topological polar surface area (TPSA) is 96.4 Å². The maximum atomic E-state index is 12.1. The predicted molar refractivity (Wildman–Crippen MR) is 103 cm³/mol. The number of aromatic nitrogens is 2. The van der Waals surface area contributed by atoms with Crippen molar-refractivity contribution in [1.82, 2.24) is 9.97 Å². The van der Waals surface area contributed by atoms with Crippen molar-refractivity contribution in [3.63, 3.8) is 0 Å². The molecule has 1 aromatic heterocycles. The molecule has 3 aromatic rings. The first-order valence-electron chi connectivity index (χ1n) is 8.68. The van der Waals surface area contributed by atoms with Crippen molar-refractivity contribution in [3.05, 3.63) is 58.7 Å². The number of hydrogen-bond acceptors (Lipinski definition) is 5. The van der Waals surface area contributed by atoms with Crippen LogP contribution in [0, 0.1) is 6.92 Å². The molecule has 4 rings (SSSR count). The summed E-state index contributed by atoms with van der Waals surface area (Å²) in [6, 6.07) is 11.4. The van der Waals surface area contributed by atoms with Crippen molar-refractivity contribution in [2.45, 2.75) is 13.8 Å². The summed E-state index contributed by atoms with van der Waals surface area (Å²) in [5.41, 5.74) is 5.70. The Balaban J connectivity index is 1.76. The van der Waals surface area contributed by atoms with E-state index in [0.717, 1.165) is 27.9 Å². The number of nitrogens with zero attached hydrogens (tertiary/aromatic N) is 2. The van der Waals surface area contributed by atoms with Gasteiger partial charge in [-0.25, -0.2) is 9.78 Å². The zero-order valence-corrected chi connectivity index (χ0v) is 15.0. The molecule has 0 saturated heterocycles. The number of ether oxygens (including phenoxy) is 1. The number of ketones is 1. The minimum Gasteiger partial charge on any atom is -0.450 e. The number of amides is 1. The minimum atomic E-state index is -0.558. The average Bonchev–Trinajstić information content (AvgIpc) is 3.03. The summed E-state index contributed by atoms with van der Waals surface area (Å²) in [5, 5.41) is 2.57. The van der Waals surface area contributed by atoms with E-state index in [1.807, 2.05) is 43.3 Å². The van der Waals surface area contributed by atoms with Gasteiger partial charge in [-0.3, -0.25) is 15.1 Å². The molecule has 0 radical (unpaired) electrons. The Hall–Kier alpha value is -3.48. The number of H-pyrrole nitrogens is 1. The first-order chi connectivity index (χ1) is 13.1. The van der Waals surface area contributed by atoms with Crippen LogP contribution < -0.4 is 5.32 Å². The third-order valence-electron chi connectivity index (χ3n) is 4.44. The van der Waals surface area contributed by atoms with Crippen molar-refractivity contribution < 1.29 is 14.3 Å². The number of carbonyl (C=O) groups is 2. The van der Waals surface area contributed by atoms with Crippen LogP contribution in [0.15, 0.2) is 41.4 Å². The maximum absolute atomic E-state index is 12.1. The van der Waals surface area contributed by atoms with Gasteiger partial charge in [-0.2, -0.15) is 0 Å². The molecule has 0 unspecified atom stereocenters. The van der Waals surface area contributed by atoms with E-state index in [9.17, 15) is 9.59 Å². The third-order valence-corrected chi connectivity index (χ3v) is 4.44. The van der Waals surface area contributed by atoms with E-state index in [2.05, 4.69) is 20.3 Å². The molecule has 2 N–H and O–H groups in total. The fourth-order valence-corrected chi connectivity index (χ4v) is 3.23. The van der Waals surface area contributed by atoms with E-state index in [-0.39, 0.29) is 18.9 Å². The van der Waals surface area contributed by atoms with Gasteiger partial charge in [0.25, 0.3) is 0 Å². The molecule has 0 bridgehead atoms. The highest BCUT2D eigenvalue weighted by atomic mass is 16.5. The number of fused-ring (bicyclic) bond motifs is 2. The van der Waals surface area contributed by atoms with E-state index in [4.69, 9.17) is 4.74 Å². The van der Waals surface area contributed by atoms with Gasteiger partial charge in [0.05, 0.1) is 23.4 Å². The molecular weight excluding hydrogens is 344 g/mol. The van der Waals surface area contributed by atoms with Crippen LogP contribution in [0.4, 0.5) is 10.7 Å². The average molecular weight is 362 g/mol. The summed E-state index contributed by atoms with van der Waals surface area (Å²) >= 11 is 0. The van der Waals surface area contributed by atoms with Crippen molar-refractivity contribution in [3.8, 4) is 0 Å². The van der Waals surface area contributed by atoms with Crippen molar-refractivity contribution >= 4 is 34.6 Å². The fourth-order valence-electron chi connectivity index (χ4n) is 3.23. The summed E-state index contributed by atoms with van der Waals surface area (Å²) < 4.78 is 4.87. The van der Waals surface area contributed by atoms with E-state index >= 15 is 0 Å². The summed E-state index contributed by atoms with van der Waals surface area (Å²) in [4.78, 5) is 35.7. The van der Waals surface area contributed by atoms with E-state index in [1.54, 1.807) is 6.92 Å². The van der Waals surface area contributed by atoms with Crippen LogP contribution in [0.1, 0.15) is 34.0 Å². The molecule has 2 aromatic carbocycles. The quantitative estimate of drug-likeness (QED) is 0.745. The third kappa shape index (κ3) is 3.08. The monoisotopic (exact) mass is 362 g/mol. The van der Waals surface area contributed by atoms with Gasteiger partial charge in [0.1, 0.15) is 6.54 Å². The normalized spacial score (nSPS) is 13.3. The number of nitrogens with one attached hydrogen (secondary N) is 2. The van der Waals surface area contributed by atoms with Crippen LogP contribution in [-0.4, -0.2) is 40.7 Å². The second-order valence-corrected chi connectivity index (χ2v) is 6.25. The molecule has 136 valence electrons. The van der Waals surface area contributed by atoms with E-state index < -0.39 is 6.09 Å². The van der Waals surface area contributed by atoms with Crippen LogP contribution in [0.3, 0.4) is 0 Å². The van der Waals surface area contributed by atoms with Gasteiger partial charge in [-0.15, -0.1) is 0 Å². The number of hydrogen-bond donors (Lipinski definition) is 2. The summed E-state index contributed by atoms with van der Waals surface area (Å²) in [6.45, 7) is 4.14. The van der Waals surface area contributed by atoms with Gasteiger partial charge in [0.2, 0.25) is 5.95 Å². The van der Waals surface area contributed by atoms with Gasteiger partial charge < -0.3 is 9.72 Å². The Bertz CT molecular complexity index is 1100. The molecule has 1 aliphatic rings. The second kappa shape index (κ2) is 6.68. The predicted octanol–water partition coefficient (Wildman–Crippen LogP) is 3.47. The smallest absolute Gasteiger partial charge is 0.413 e. The van der Waals surface area contributed by atoms with E-state index in [0.29, 0.717) is 17.0 Å². The molecule has 0 aliphatic carbocycles. The Labute approximate surface area is 155 Å². The van der Waals surface area contributed by atoms with Gasteiger partial charge in [0.15, 0.2) is 5.78 Å². The molecule has 0 fully saturated rings. The number of imidazole rings is 1. The maximum Gasteiger partial charge on any atom is 0.413 e. The molecule has 0 saturated carbocycles. The van der Waals surface area contributed by atoms with Crippen molar-refractivity contribution in [1.29, 1.82) is 0 Å². The van der Waals surface area contributed by atoms with Crippen molar-refractivity contribution in [2.24, 2.45) is 4.99 Å². The fraction of sp³-hybridized carbons (Fsp3) is 0.200. The van der Waals surface area contributed by atoms with E-state index in [1.165, 1.54) is 0 Å². The standard InChI is InChI=1S/C20H18N4O3/c1-3-27-20(26)24-19-22-15-8-11(2)14(9-16(15)23-19)18-13-7-5-4-6-12(13)17(25)10-21-18/h4-9H,3,10H2,1-2H3,(H2,22,23,24,26). The second-order valence-electron chi connectivity index (χ2n) is 6.25. The Kier molecular flexibility index (Phi) is 4.19. The number of aryl methyl sites for hydroxylation is 1. The molecule has 0 atom stereocenters.